The maximum absolute atomic E-state index is 13.9. The molecule has 2 rings (SSSR count). The fourth-order valence-electron chi connectivity index (χ4n) is 1.76. The van der Waals surface area contributed by atoms with Crippen molar-refractivity contribution in [2.75, 3.05) is 0 Å². The predicted molar refractivity (Wildman–Crippen MR) is 76.6 cm³/mol. The molecule has 0 aliphatic carbocycles. The fourth-order valence-corrected chi connectivity index (χ4v) is 2.58. The second-order valence-corrected chi connectivity index (χ2v) is 5.69. The Morgan fingerprint density at radius 3 is 2.21 bits per heavy atom. The summed E-state index contributed by atoms with van der Waals surface area (Å²) in [6.45, 7) is 0. The Morgan fingerprint density at radius 1 is 1.05 bits per heavy atom. The molecular weight excluding hydrogens is 359 g/mol. The summed E-state index contributed by atoms with van der Waals surface area (Å²) in [5.74, 6) is -1.48. The zero-order valence-electron chi connectivity index (χ0n) is 9.43. The van der Waals surface area contributed by atoms with Gasteiger partial charge in [-0.2, -0.15) is 0 Å². The van der Waals surface area contributed by atoms with Crippen molar-refractivity contribution in [1.29, 1.82) is 0 Å². The molecule has 19 heavy (non-hydrogen) atoms. The molecule has 0 heterocycles. The summed E-state index contributed by atoms with van der Waals surface area (Å²) in [7, 11) is 0. The molecule has 0 spiro atoms. The second-order valence-electron chi connectivity index (χ2n) is 3.93. The molecule has 100 valence electrons. The van der Waals surface area contributed by atoms with Crippen LogP contribution in [0.4, 0.5) is 8.78 Å². The molecule has 0 aliphatic rings. The average Bonchev–Trinajstić information content (AvgIpc) is 2.30. The number of hydrogen-bond acceptors (Lipinski definition) is 1. The highest BCUT2D eigenvalue weighted by Gasteiger charge is 2.21. The van der Waals surface area contributed by atoms with E-state index in [9.17, 15) is 8.78 Å². The van der Waals surface area contributed by atoms with E-state index in [1.807, 2.05) is 0 Å². The van der Waals surface area contributed by atoms with Gasteiger partial charge in [0.2, 0.25) is 0 Å². The van der Waals surface area contributed by atoms with Gasteiger partial charge in [0.15, 0.2) is 0 Å². The summed E-state index contributed by atoms with van der Waals surface area (Å²) in [6.07, 6.45) is 0. The molecule has 0 amide bonds. The van der Waals surface area contributed by atoms with Crippen LogP contribution in [0.3, 0.4) is 0 Å². The van der Waals surface area contributed by atoms with Crippen LogP contribution in [0.25, 0.3) is 0 Å². The zero-order chi connectivity index (χ0) is 14.2. The Balaban J connectivity index is 2.56. The van der Waals surface area contributed by atoms with E-state index >= 15 is 0 Å². The maximum Gasteiger partial charge on any atom is 0.132 e. The summed E-state index contributed by atoms with van der Waals surface area (Å²) in [6, 6.07) is 5.88. The molecule has 0 fully saturated rings. The van der Waals surface area contributed by atoms with Crippen LogP contribution in [0.1, 0.15) is 17.2 Å². The van der Waals surface area contributed by atoms with Crippen molar-refractivity contribution < 1.29 is 8.78 Å². The number of nitrogens with two attached hydrogens (primary N) is 1. The third-order valence-corrected chi connectivity index (χ3v) is 3.69. The zero-order valence-corrected chi connectivity index (χ0v) is 12.5. The first-order chi connectivity index (χ1) is 8.90. The van der Waals surface area contributed by atoms with Gasteiger partial charge in [0, 0.05) is 20.1 Å². The summed E-state index contributed by atoms with van der Waals surface area (Å²) in [5.41, 5.74) is 6.03. The number of benzene rings is 2. The van der Waals surface area contributed by atoms with Gasteiger partial charge in [0.1, 0.15) is 11.6 Å². The monoisotopic (exact) mass is 365 g/mol. The van der Waals surface area contributed by atoms with E-state index in [1.54, 1.807) is 6.07 Å². The lowest BCUT2D eigenvalue weighted by atomic mass is 9.98. The Morgan fingerprint density at radius 2 is 1.63 bits per heavy atom. The van der Waals surface area contributed by atoms with E-state index in [1.165, 1.54) is 12.1 Å². The van der Waals surface area contributed by atoms with E-state index in [-0.39, 0.29) is 5.56 Å². The van der Waals surface area contributed by atoms with Crippen LogP contribution < -0.4 is 5.73 Å². The molecule has 2 aromatic carbocycles. The quantitative estimate of drug-likeness (QED) is 0.787. The molecule has 2 aromatic rings. The van der Waals surface area contributed by atoms with Crippen molar-refractivity contribution in [1.82, 2.24) is 0 Å². The largest absolute Gasteiger partial charge is 0.320 e. The third kappa shape index (κ3) is 3.08. The van der Waals surface area contributed by atoms with Crippen LogP contribution in [-0.4, -0.2) is 0 Å². The summed E-state index contributed by atoms with van der Waals surface area (Å²) >= 11 is 14.8. The molecule has 1 atom stereocenters. The van der Waals surface area contributed by atoms with E-state index in [4.69, 9.17) is 28.9 Å². The van der Waals surface area contributed by atoms with Gasteiger partial charge in [-0.05, 0) is 35.9 Å². The maximum atomic E-state index is 13.9. The third-order valence-electron chi connectivity index (χ3n) is 2.65. The molecule has 0 bridgehead atoms. The molecule has 0 aliphatic heterocycles. The summed E-state index contributed by atoms with van der Waals surface area (Å²) < 4.78 is 28.0. The van der Waals surface area contributed by atoms with E-state index in [2.05, 4.69) is 15.9 Å². The molecular formula is C13H8BrCl2F2N. The lowest BCUT2D eigenvalue weighted by Gasteiger charge is -2.16. The molecule has 6 heteroatoms. The standard InChI is InChI=1S/C13H8BrCl2F2N/c14-6-3-10(17)12(11(18)4-6)13(19)8-5-7(15)1-2-9(8)16/h1-5,13H,19H2. The highest BCUT2D eigenvalue weighted by Crippen LogP contribution is 2.32. The smallest absolute Gasteiger partial charge is 0.132 e. The number of hydrogen-bond donors (Lipinski definition) is 1. The molecule has 1 unspecified atom stereocenters. The Bertz CT molecular complexity index is 611. The lowest BCUT2D eigenvalue weighted by molar-refractivity contribution is 0.542. The minimum atomic E-state index is -1.03. The summed E-state index contributed by atoms with van der Waals surface area (Å²) in [4.78, 5) is 0. The van der Waals surface area contributed by atoms with E-state index < -0.39 is 17.7 Å². The van der Waals surface area contributed by atoms with E-state index in [0.717, 1.165) is 12.1 Å². The van der Waals surface area contributed by atoms with Crippen molar-refractivity contribution in [2.24, 2.45) is 5.73 Å². The van der Waals surface area contributed by atoms with Gasteiger partial charge >= 0.3 is 0 Å². The minimum absolute atomic E-state index is 0.243. The van der Waals surface area contributed by atoms with Crippen LogP contribution >= 0.6 is 39.1 Å². The van der Waals surface area contributed by atoms with Crippen molar-refractivity contribution in [3.8, 4) is 0 Å². The van der Waals surface area contributed by atoms with Crippen molar-refractivity contribution >= 4 is 39.1 Å². The Labute approximate surface area is 127 Å². The molecule has 0 saturated heterocycles. The highest BCUT2D eigenvalue weighted by molar-refractivity contribution is 9.10. The Kier molecular flexibility index (Phi) is 4.46. The van der Waals surface area contributed by atoms with E-state index in [0.29, 0.717) is 20.1 Å². The van der Waals surface area contributed by atoms with Crippen LogP contribution in [-0.2, 0) is 0 Å². The minimum Gasteiger partial charge on any atom is -0.320 e. The van der Waals surface area contributed by atoms with Crippen LogP contribution in [0.15, 0.2) is 34.8 Å². The first-order valence-corrected chi connectivity index (χ1v) is 6.80. The molecule has 0 radical (unpaired) electrons. The van der Waals surface area contributed by atoms with Gasteiger partial charge in [-0.1, -0.05) is 39.1 Å². The lowest BCUT2D eigenvalue weighted by Crippen LogP contribution is -2.16. The average molecular weight is 367 g/mol. The molecule has 0 saturated carbocycles. The molecule has 0 aromatic heterocycles. The number of halogens is 5. The van der Waals surface area contributed by atoms with Gasteiger partial charge in [-0.3, -0.25) is 0 Å². The highest BCUT2D eigenvalue weighted by atomic mass is 79.9. The first-order valence-electron chi connectivity index (χ1n) is 5.25. The molecule has 2 N–H and O–H groups in total. The van der Waals surface area contributed by atoms with Crippen LogP contribution in [0.2, 0.25) is 10.0 Å². The SMILES string of the molecule is NC(c1cc(Cl)ccc1Cl)c1c(F)cc(Br)cc1F. The van der Waals surface area contributed by atoms with Crippen molar-refractivity contribution in [2.45, 2.75) is 6.04 Å². The Hall–Kier alpha value is -0.680. The topological polar surface area (TPSA) is 26.0 Å². The van der Waals surface area contributed by atoms with Gasteiger partial charge in [0.25, 0.3) is 0 Å². The first kappa shape index (κ1) is 14.7. The van der Waals surface area contributed by atoms with Gasteiger partial charge < -0.3 is 5.73 Å². The van der Waals surface area contributed by atoms with Crippen LogP contribution in [0.5, 0.6) is 0 Å². The van der Waals surface area contributed by atoms with Gasteiger partial charge in [0.05, 0.1) is 6.04 Å². The number of rotatable bonds is 2. The summed E-state index contributed by atoms with van der Waals surface area (Å²) in [5, 5.41) is 0.700. The van der Waals surface area contributed by atoms with Gasteiger partial charge in [-0.15, -0.1) is 0 Å². The van der Waals surface area contributed by atoms with Gasteiger partial charge in [-0.25, -0.2) is 8.78 Å². The fraction of sp³-hybridized carbons (Fsp3) is 0.0769. The predicted octanol–water partition coefficient (Wildman–Crippen LogP) is 5.08. The normalized spacial score (nSPS) is 12.5. The van der Waals surface area contributed by atoms with Crippen LogP contribution in [0, 0.1) is 11.6 Å². The van der Waals surface area contributed by atoms with Crippen molar-refractivity contribution in [3.63, 3.8) is 0 Å². The second kappa shape index (κ2) is 5.75. The molecule has 1 nitrogen and oxygen atoms in total. The van der Waals surface area contributed by atoms with Crippen molar-refractivity contribution in [3.05, 3.63) is 67.6 Å².